The molecule has 1 aromatic carbocycles. The quantitative estimate of drug-likeness (QED) is 0.751. The molecular weight excluding hydrogens is 356 g/mol. The minimum absolute atomic E-state index is 0.0581. The van der Waals surface area contributed by atoms with E-state index in [1.807, 2.05) is 13.8 Å². The van der Waals surface area contributed by atoms with Crippen molar-refractivity contribution >= 4 is 21.9 Å². The molecule has 1 aliphatic rings. The maximum Gasteiger partial charge on any atom is 0.326 e. The molecule has 2 N–H and O–H groups in total. The van der Waals surface area contributed by atoms with Gasteiger partial charge >= 0.3 is 5.97 Å². The van der Waals surface area contributed by atoms with Crippen LogP contribution in [0.2, 0.25) is 0 Å². The van der Waals surface area contributed by atoms with Crippen LogP contribution < -0.4 is 5.32 Å². The predicted molar refractivity (Wildman–Crippen MR) is 97.4 cm³/mol. The minimum Gasteiger partial charge on any atom is -0.480 e. The Balaban J connectivity index is 2.19. The molecule has 7 nitrogen and oxygen atoms in total. The molecule has 1 heterocycles. The fraction of sp³-hybridized carbons (Fsp3) is 0.556. The number of carbonyl (C=O) groups is 2. The lowest BCUT2D eigenvalue weighted by molar-refractivity contribution is -0.139. The summed E-state index contributed by atoms with van der Waals surface area (Å²) in [6.45, 7) is 4.70. The van der Waals surface area contributed by atoms with Gasteiger partial charge in [0.15, 0.2) is 0 Å². The van der Waals surface area contributed by atoms with Crippen molar-refractivity contribution in [2.75, 3.05) is 13.1 Å². The summed E-state index contributed by atoms with van der Waals surface area (Å²) in [5, 5.41) is 11.7. The van der Waals surface area contributed by atoms with Gasteiger partial charge in [-0.05, 0) is 43.4 Å². The van der Waals surface area contributed by atoms with E-state index in [1.165, 1.54) is 28.6 Å². The van der Waals surface area contributed by atoms with Gasteiger partial charge in [-0.2, -0.15) is 4.31 Å². The van der Waals surface area contributed by atoms with Gasteiger partial charge in [0, 0.05) is 18.7 Å². The van der Waals surface area contributed by atoms with Crippen LogP contribution >= 0.6 is 0 Å². The zero-order valence-electron chi connectivity index (χ0n) is 15.1. The Bertz CT molecular complexity index is 755. The number of nitrogens with one attached hydrogen (secondary N) is 1. The highest BCUT2D eigenvalue weighted by Crippen LogP contribution is 2.21. The van der Waals surface area contributed by atoms with E-state index in [0.29, 0.717) is 19.5 Å². The summed E-state index contributed by atoms with van der Waals surface area (Å²) in [7, 11) is -3.64. The molecule has 0 radical (unpaired) electrons. The van der Waals surface area contributed by atoms with E-state index in [0.717, 1.165) is 19.3 Å². The first kappa shape index (κ1) is 20.4. The molecule has 1 fully saturated rings. The van der Waals surface area contributed by atoms with Gasteiger partial charge in [-0.3, -0.25) is 4.79 Å². The molecule has 144 valence electrons. The smallest absolute Gasteiger partial charge is 0.326 e. The topological polar surface area (TPSA) is 104 Å². The third-order valence-corrected chi connectivity index (χ3v) is 6.25. The number of rotatable bonds is 7. The lowest BCUT2D eigenvalue weighted by atomic mass is 10.0. The molecular formula is C18H26N2O5S. The van der Waals surface area contributed by atoms with Gasteiger partial charge < -0.3 is 10.4 Å². The number of hydrogen-bond acceptors (Lipinski definition) is 4. The van der Waals surface area contributed by atoms with E-state index in [2.05, 4.69) is 5.32 Å². The highest BCUT2D eigenvalue weighted by Gasteiger charge is 2.27. The first-order valence-electron chi connectivity index (χ1n) is 8.85. The summed E-state index contributed by atoms with van der Waals surface area (Å²) >= 11 is 0. The van der Waals surface area contributed by atoms with Gasteiger partial charge in [-0.1, -0.05) is 26.3 Å². The Kier molecular flexibility index (Phi) is 6.77. The number of amides is 1. The summed E-state index contributed by atoms with van der Waals surface area (Å²) in [4.78, 5) is 23.8. The molecule has 0 bridgehead atoms. The molecule has 26 heavy (non-hydrogen) atoms. The van der Waals surface area contributed by atoms with Crippen molar-refractivity contribution in [3.05, 3.63) is 29.8 Å². The second-order valence-electron chi connectivity index (χ2n) is 6.99. The lowest BCUT2D eigenvalue weighted by Gasteiger charge is -2.26. The van der Waals surface area contributed by atoms with Crippen molar-refractivity contribution in [1.82, 2.24) is 9.62 Å². The van der Waals surface area contributed by atoms with Crippen molar-refractivity contribution in [1.29, 1.82) is 0 Å². The number of hydrogen-bond donors (Lipinski definition) is 2. The Morgan fingerprint density at radius 2 is 1.85 bits per heavy atom. The molecule has 1 saturated heterocycles. The van der Waals surface area contributed by atoms with Gasteiger partial charge in [-0.25, -0.2) is 13.2 Å². The number of carbonyl (C=O) groups excluding carboxylic acids is 1. The van der Waals surface area contributed by atoms with E-state index in [4.69, 9.17) is 0 Å². The molecule has 0 saturated carbocycles. The molecule has 1 aromatic rings. The van der Waals surface area contributed by atoms with E-state index in [-0.39, 0.29) is 16.4 Å². The molecule has 1 atom stereocenters. The summed E-state index contributed by atoms with van der Waals surface area (Å²) in [6, 6.07) is 4.75. The zero-order valence-corrected chi connectivity index (χ0v) is 16.0. The van der Waals surface area contributed by atoms with Gasteiger partial charge in [0.1, 0.15) is 6.04 Å². The Morgan fingerprint density at radius 1 is 1.19 bits per heavy atom. The molecule has 0 aromatic heterocycles. The predicted octanol–water partition coefficient (Wildman–Crippen LogP) is 2.09. The number of carboxylic acids is 1. The first-order chi connectivity index (χ1) is 12.2. The number of carboxylic acid groups (broad SMARTS) is 1. The molecule has 0 aliphatic carbocycles. The van der Waals surface area contributed by atoms with Crippen LogP contribution in [0, 0.1) is 5.92 Å². The molecule has 0 unspecified atom stereocenters. The van der Waals surface area contributed by atoms with Crippen molar-refractivity contribution < 1.29 is 23.1 Å². The fourth-order valence-electron chi connectivity index (χ4n) is 2.99. The van der Waals surface area contributed by atoms with E-state index >= 15 is 0 Å². The molecule has 8 heteroatoms. The monoisotopic (exact) mass is 382 g/mol. The second kappa shape index (κ2) is 8.64. The molecule has 1 aliphatic heterocycles. The average Bonchev–Trinajstić information content (AvgIpc) is 2.61. The number of nitrogens with zero attached hydrogens (tertiary/aromatic N) is 1. The normalized spacial score (nSPS) is 17.0. The highest BCUT2D eigenvalue weighted by atomic mass is 32.2. The third-order valence-electron chi connectivity index (χ3n) is 4.36. The zero-order chi connectivity index (χ0) is 19.3. The number of sulfonamides is 1. The van der Waals surface area contributed by atoms with Gasteiger partial charge in [-0.15, -0.1) is 0 Å². The Morgan fingerprint density at radius 3 is 2.42 bits per heavy atom. The summed E-state index contributed by atoms with van der Waals surface area (Å²) in [5.41, 5.74) is 0.137. The maximum atomic E-state index is 12.7. The van der Waals surface area contributed by atoms with Crippen LogP contribution in [0.5, 0.6) is 0 Å². The standard InChI is InChI=1S/C18H26N2O5S/c1-13(2)11-16(18(22)23)19-17(21)14-7-6-8-15(12-14)26(24,25)20-9-4-3-5-10-20/h6-8,12-13,16H,3-5,9-11H2,1-2H3,(H,19,21)(H,22,23)/t16-/m0/s1. The van der Waals surface area contributed by atoms with Crippen LogP contribution in [0.1, 0.15) is 49.9 Å². The van der Waals surface area contributed by atoms with Gasteiger partial charge in [0.25, 0.3) is 5.91 Å². The van der Waals surface area contributed by atoms with Crippen LogP contribution in [-0.2, 0) is 14.8 Å². The molecule has 1 amide bonds. The SMILES string of the molecule is CC(C)C[C@H](NC(=O)c1cccc(S(=O)(=O)N2CCCCC2)c1)C(=O)O. The Labute approximate surface area is 154 Å². The van der Waals surface area contributed by atoms with Crippen LogP contribution in [0.15, 0.2) is 29.2 Å². The maximum absolute atomic E-state index is 12.7. The lowest BCUT2D eigenvalue weighted by Crippen LogP contribution is -2.41. The summed E-state index contributed by atoms with van der Waals surface area (Å²) in [5.74, 6) is -1.60. The van der Waals surface area contributed by atoms with Crippen LogP contribution in [0.3, 0.4) is 0 Å². The van der Waals surface area contributed by atoms with Gasteiger partial charge in [0.2, 0.25) is 10.0 Å². The first-order valence-corrected chi connectivity index (χ1v) is 10.3. The third kappa shape index (κ3) is 5.04. The van der Waals surface area contributed by atoms with Crippen molar-refractivity contribution in [3.8, 4) is 0 Å². The van der Waals surface area contributed by atoms with Crippen LogP contribution in [-0.4, -0.2) is 48.8 Å². The van der Waals surface area contributed by atoms with E-state index in [9.17, 15) is 23.1 Å². The summed E-state index contributed by atoms with van der Waals surface area (Å²) in [6.07, 6.45) is 2.97. The Hall–Kier alpha value is -1.93. The van der Waals surface area contributed by atoms with E-state index < -0.39 is 27.9 Å². The van der Waals surface area contributed by atoms with Gasteiger partial charge in [0.05, 0.1) is 4.90 Å². The average molecular weight is 382 g/mol. The number of piperidine rings is 1. The van der Waals surface area contributed by atoms with E-state index in [1.54, 1.807) is 0 Å². The van der Waals surface area contributed by atoms with Crippen LogP contribution in [0.4, 0.5) is 0 Å². The molecule has 0 spiro atoms. The molecule has 2 rings (SSSR count). The largest absolute Gasteiger partial charge is 0.480 e. The summed E-state index contributed by atoms with van der Waals surface area (Å²) < 4.78 is 26.9. The van der Waals surface area contributed by atoms with Crippen molar-refractivity contribution in [2.24, 2.45) is 5.92 Å². The fourth-order valence-corrected chi connectivity index (χ4v) is 4.55. The highest BCUT2D eigenvalue weighted by molar-refractivity contribution is 7.89. The number of aliphatic carboxylic acids is 1. The van der Waals surface area contributed by atoms with Crippen molar-refractivity contribution in [3.63, 3.8) is 0 Å². The second-order valence-corrected chi connectivity index (χ2v) is 8.92. The van der Waals surface area contributed by atoms with Crippen molar-refractivity contribution in [2.45, 2.75) is 50.5 Å². The minimum atomic E-state index is -3.64. The number of benzene rings is 1. The van der Waals surface area contributed by atoms with Crippen LogP contribution in [0.25, 0.3) is 0 Å².